The average molecular weight is 166 g/mol. The van der Waals surface area contributed by atoms with E-state index in [-0.39, 0.29) is 0 Å². The molecule has 0 rings (SSSR count). The molecule has 0 amide bonds. The van der Waals surface area contributed by atoms with Gasteiger partial charge in [0.2, 0.25) is 5.79 Å². The van der Waals surface area contributed by atoms with Crippen LogP contribution in [0.15, 0.2) is 0 Å². The van der Waals surface area contributed by atoms with Crippen molar-refractivity contribution in [2.45, 2.75) is 33.1 Å². The van der Waals surface area contributed by atoms with Crippen LogP contribution in [0.1, 0.15) is 20.8 Å². The first-order valence-electron chi connectivity index (χ1n) is 3.03. The molecule has 0 aliphatic heterocycles. The van der Waals surface area contributed by atoms with E-state index in [1.807, 2.05) is 0 Å². The molecule has 0 aliphatic carbocycles. The van der Waals surface area contributed by atoms with Crippen LogP contribution < -0.4 is 0 Å². The maximum atomic E-state index is 11.8. The molecule has 5 heteroatoms. The van der Waals surface area contributed by atoms with Crippen LogP contribution in [0.3, 0.4) is 0 Å². The summed E-state index contributed by atoms with van der Waals surface area (Å²) in [4.78, 5) is 10.3. The Morgan fingerprint density at radius 3 is 2.36 bits per heavy atom. The quantitative estimate of drug-likeness (QED) is 0.491. The standard InChI is InChI=1S/C6H11FO4/c1-4(8)10-6(2,3)11-5(7)9/h5,9H,1-3H3. The van der Waals surface area contributed by atoms with Gasteiger partial charge in [-0.25, -0.2) is 0 Å². The number of aliphatic hydroxyl groups is 1. The van der Waals surface area contributed by atoms with Crippen LogP contribution in [0.2, 0.25) is 0 Å². The lowest BCUT2D eigenvalue weighted by Gasteiger charge is -2.24. The highest BCUT2D eigenvalue weighted by Gasteiger charge is 2.25. The van der Waals surface area contributed by atoms with Crippen LogP contribution in [0.4, 0.5) is 4.39 Å². The van der Waals surface area contributed by atoms with Gasteiger partial charge in [0.15, 0.2) is 0 Å². The predicted octanol–water partition coefficient (Wildman–Crippen LogP) is 0.548. The van der Waals surface area contributed by atoms with Gasteiger partial charge in [-0.1, -0.05) is 0 Å². The lowest BCUT2D eigenvalue weighted by molar-refractivity contribution is -0.307. The molecule has 4 nitrogen and oxygen atoms in total. The van der Waals surface area contributed by atoms with Gasteiger partial charge in [-0.3, -0.25) is 9.53 Å². The zero-order valence-electron chi connectivity index (χ0n) is 6.63. The number of hydrogen-bond acceptors (Lipinski definition) is 4. The van der Waals surface area contributed by atoms with Crippen molar-refractivity contribution in [1.29, 1.82) is 0 Å². The molecule has 1 atom stereocenters. The Hall–Kier alpha value is -0.680. The number of aliphatic hydroxyl groups excluding tert-OH is 1. The molecule has 0 aromatic rings. The molecular formula is C6H11FO4. The second-order valence-corrected chi connectivity index (χ2v) is 2.40. The Balaban J connectivity index is 3.89. The van der Waals surface area contributed by atoms with Crippen molar-refractivity contribution in [3.63, 3.8) is 0 Å². The summed E-state index contributed by atoms with van der Waals surface area (Å²) in [6.45, 7) is 1.36. The highest BCUT2D eigenvalue weighted by atomic mass is 19.2. The summed E-state index contributed by atoms with van der Waals surface area (Å²) in [5.74, 6) is -2.03. The van der Waals surface area contributed by atoms with Crippen molar-refractivity contribution in [2.75, 3.05) is 0 Å². The summed E-state index contributed by atoms with van der Waals surface area (Å²) in [5.41, 5.74) is 0. The number of ether oxygens (including phenoxy) is 2. The molecule has 0 aliphatic rings. The van der Waals surface area contributed by atoms with E-state index in [2.05, 4.69) is 9.47 Å². The molecule has 0 heterocycles. The first kappa shape index (κ1) is 10.3. The van der Waals surface area contributed by atoms with Gasteiger partial charge in [-0.2, -0.15) is 4.39 Å². The minimum absolute atomic E-state index is 0.601. The van der Waals surface area contributed by atoms with Crippen LogP contribution in [0.5, 0.6) is 0 Å². The average Bonchev–Trinajstić information content (AvgIpc) is 1.53. The normalized spacial score (nSPS) is 14.3. The van der Waals surface area contributed by atoms with E-state index in [1.165, 1.54) is 13.8 Å². The summed E-state index contributed by atoms with van der Waals surface area (Å²) in [6.07, 6.45) is 0. The molecule has 1 unspecified atom stereocenters. The Labute approximate surface area is 63.9 Å². The van der Waals surface area contributed by atoms with Crippen molar-refractivity contribution in [3.05, 3.63) is 0 Å². The van der Waals surface area contributed by atoms with Gasteiger partial charge in [0.25, 0.3) is 0 Å². The minimum atomic E-state index is -2.44. The Morgan fingerprint density at radius 2 is 2.09 bits per heavy atom. The fourth-order valence-electron chi connectivity index (χ4n) is 0.604. The van der Waals surface area contributed by atoms with Crippen molar-refractivity contribution < 1.29 is 23.8 Å². The Bertz CT molecular complexity index is 144. The zero-order valence-corrected chi connectivity index (χ0v) is 6.63. The van der Waals surface area contributed by atoms with E-state index in [4.69, 9.17) is 5.11 Å². The Kier molecular flexibility index (Phi) is 3.41. The van der Waals surface area contributed by atoms with E-state index in [1.54, 1.807) is 0 Å². The first-order chi connectivity index (χ1) is 4.83. The number of esters is 1. The highest BCUT2D eigenvalue weighted by molar-refractivity contribution is 5.66. The smallest absolute Gasteiger partial charge is 0.310 e. The van der Waals surface area contributed by atoms with E-state index in [0.717, 1.165) is 6.92 Å². The van der Waals surface area contributed by atoms with E-state index in [0.29, 0.717) is 0 Å². The molecular weight excluding hydrogens is 155 g/mol. The number of halogens is 1. The summed E-state index contributed by atoms with van der Waals surface area (Å²) in [6, 6.07) is 0. The maximum absolute atomic E-state index is 11.8. The first-order valence-corrected chi connectivity index (χ1v) is 3.03. The lowest BCUT2D eigenvalue weighted by Crippen LogP contribution is -2.33. The van der Waals surface area contributed by atoms with Gasteiger partial charge in [0.1, 0.15) is 0 Å². The predicted molar refractivity (Wildman–Crippen MR) is 34.0 cm³/mol. The molecule has 0 saturated carbocycles. The number of carbonyl (C=O) groups excluding carboxylic acids is 1. The second-order valence-electron chi connectivity index (χ2n) is 2.40. The van der Waals surface area contributed by atoms with E-state index >= 15 is 0 Å². The van der Waals surface area contributed by atoms with E-state index in [9.17, 15) is 9.18 Å². The van der Waals surface area contributed by atoms with Gasteiger partial charge in [-0.15, -0.1) is 0 Å². The molecule has 0 aromatic carbocycles. The number of hydrogen-bond donors (Lipinski definition) is 1. The fourth-order valence-corrected chi connectivity index (χ4v) is 0.604. The Morgan fingerprint density at radius 1 is 1.64 bits per heavy atom. The van der Waals surface area contributed by atoms with Gasteiger partial charge in [-0.05, 0) is 0 Å². The van der Waals surface area contributed by atoms with Gasteiger partial charge in [0, 0.05) is 20.8 Å². The molecule has 66 valence electrons. The number of carbonyl (C=O) groups is 1. The summed E-state index contributed by atoms with van der Waals surface area (Å²) in [7, 11) is 0. The molecule has 0 radical (unpaired) electrons. The zero-order chi connectivity index (χ0) is 9.07. The topological polar surface area (TPSA) is 55.8 Å². The van der Waals surface area contributed by atoms with Crippen LogP contribution in [0.25, 0.3) is 0 Å². The lowest BCUT2D eigenvalue weighted by atomic mass is 10.4. The third kappa shape index (κ3) is 5.75. The van der Waals surface area contributed by atoms with Crippen LogP contribution in [0, 0.1) is 0 Å². The molecule has 0 bridgehead atoms. The number of rotatable bonds is 3. The van der Waals surface area contributed by atoms with Crippen molar-refractivity contribution in [2.24, 2.45) is 0 Å². The highest BCUT2D eigenvalue weighted by Crippen LogP contribution is 2.13. The summed E-state index contributed by atoms with van der Waals surface area (Å²) >= 11 is 0. The van der Waals surface area contributed by atoms with Crippen LogP contribution in [-0.4, -0.2) is 23.4 Å². The molecule has 0 saturated heterocycles. The van der Waals surface area contributed by atoms with Gasteiger partial charge in [0.05, 0.1) is 0 Å². The van der Waals surface area contributed by atoms with Crippen LogP contribution >= 0.6 is 0 Å². The molecule has 0 fully saturated rings. The van der Waals surface area contributed by atoms with E-state index < -0.39 is 18.3 Å². The number of alkyl halides is 1. The largest absolute Gasteiger partial charge is 0.434 e. The maximum Gasteiger partial charge on any atom is 0.310 e. The van der Waals surface area contributed by atoms with Gasteiger partial charge >= 0.3 is 12.5 Å². The minimum Gasteiger partial charge on any atom is -0.434 e. The monoisotopic (exact) mass is 166 g/mol. The second kappa shape index (κ2) is 3.64. The fraction of sp³-hybridized carbons (Fsp3) is 0.833. The third-order valence-electron chi connectivity index (χ3n) is 0.771. The summed E-state index contributed by atoms with van der Waals surface area (Å²) < 4.78 is 20.5. The summed E-state index contributed by atoms with van der Waals surface area (Å²) in [5, 5.41) is 8.12. The molecule has 11 heavy (non-hydrogen) atoms. The molecule has 1 N–H and O–H groups in total. The van der Waals surface area contributed by atoms with Crippen molar-refractivity contribution >= 4 is 5.97 Å². The molecule has 0 aromatic heterocycles. The third-order valence-corrected chi connectivity index (χ3v) is 0.771. The molecule has 0 spiro atoms. The van der Waals surface area contributed by atoms with Crippen LogP contribution in [-0.2, 0) is 14.3 Å². The SMILES string of the molecule is CC(=O)OC(C)(C)OC(O)F. The van der Waals surface area contributed by atoms with Crippen molar-refractivity contribution in [3.8, 4) is 0 Å². The van der Waals surface area contributed by atoms with Crippen molar-refractivity contribution in [1.82, 2.24) is 0 Å². The van der Waals surface area contributed by atoms with Gasteiger partial charge < -0.3 is 9.84 Å².